The number of nitrogens with zero attached hydrogens (tertiary/aromatic N) is 2. The molecule has 184 valence electrons. The molecule has 1 aromatic heterocycles. The number of likely N-dealkylation sites (tertiary alicyclic amines) is 1. The van der Waals surface area contributed by atoms with Gasteiger partial charge in [0.05, 0.1) is 13.7 Å². The molecule has 0 spiro atoms. The van der Waals surface area contributed by atoms with E-state index in [0.717, 1.165) is 11.1 Å². The van der Waals surface area contributed by atoms with Gasteiger partial charge in [0.25, 0.3) is 5.91 Å². The van der Waals surface area contributed by atoms with Crippen molar-refractivity contribution in [3.8, 4) is 17.2 Å². The van der Waals surface area contributed by atoms with Gasteiger partial charge in [0.2, 0.25) is 0 Å². The maximum Gasteiger partial charge on any atom is 0.272 e. The average molecular weight is 495 g/mol. The molecule has 1 aliphatic heterocycles. The number of thioether (sulfide) groups is 1. The Hall–Kier alpha value is -3.23. The zero-order valence-corrected chi connectivity index (χ0v) is 21.0. The van der Waals surface area contributed by atoms with E-state index < -0.39 is 0 Å². The molecule has 0 unspecified atom stereocenters. The van der Waals surface area contributed by atoms with Gasteiger partial charge in [0, 0.05) is 43.3 Å². The van der Waals surface area contributed by atoms with Crippen LogP contribution < -0.4 is 14.2 Å². The van der Waals surface area contributed by atoms with Gasteiger partial charge in [-0.2, -0.15) is 0 Å². The smallest absolute Gasteiger partial charge is 0.272 e. The minimum atomic E-state index is -0.0992. The zero-order chi connectivity index (χ0) is 24.6. The highest BCUT2D eigenvalue weighted by atomic mass is 32.2. The fourth-order valence-electron chi connectivity index (χ4n) is 3.82. The lowest BCUT2D eigenvalue weighted by molar-refractivity contribution is 0.0595. The third-order valence-electron chi connectivity index (χ3n) is 5.89. The van der Waals surface area contributed by atoms with E-state index in [9.17, 15) is 4.79 Å². The van der Waals surface area contributed by atoms with Crippen LogP contribution in [0, 0.1) is 0 Å². The minimum Gasteiger partial charge on any atom is -0.493 e. The van der Waals surface area contributed by atoms with Crippen molar-refractivity contribution in [2.45, 2.75) is 17.4 Å². The highest BCUT2D eigenvalue weighted by molar-refractivity contribution is 7.98. The number of rotatable bonds is 11. The number of hydrogen-bond acceptors (Lipinski definition) is 7. The summed E-state index contributed by atoms with van der Waals surface area (Å²) in [6.07, 6.45) is 3.65. The number of hydrogen-bond donors (Lipinski definition) is 0. The number of ether oxygens (including phenoxy) is 4. The molecule has 0 N–H and O–H groups in total. The molecule has 1 fully saturated rings. The van der Waals surface area contributed by atoms with Crippen LogP contribution in [0.25, 0.3) is 0 Å². The van der Waals surface area contributed by atoms with Crippen molar-refractivity contribution in [3.63, 3.8) is 0 Å². The molecule has 1 amide bonds. The lowest BCUT2D eigenvalue weighted by Gasteiger charge is -2.39. The van der Waals surface area contributed by atoms with Crippen LogP contribution in [0.5, 0.6) is 17.2 Å². The lowest BCUT2D eigenvalue weighted by Crippen LogP contribution is -2.48. The summed E-state index contributed by atoms with van der Waals surface area (Å²) in [6.45, 7) is 2.63. The quantitative estimate of drug-likeness (QED) is 0.284. The standard InChI is InChI=1S/C27H30N2O5S/c1-31-12-13-33-22-10-11-28-24(15-22)27(30)29-16-21(17-29)20-6-9-25(26(14-20)32-2)34-18-19-4-7-23(35-3)8-5-19/h4-11,14-15,21H,12-13,16-18H2,1-3H3. The van der Waals surface area contributed by atoms with Crippen molar-refractivity contribution in [2.75, 3.05) is 46.8 Å². The third kappa shape index (κ3) is 6.26. The van der Waals surface area contributed by atoms with E-state index in [2.05, 4.69) is 35.5 Å². The van der Waals surface area contributed by atoms with Crippen molar-refractivity contribution >= 4 is 17.7 Å². The maximum atomic E-state index is 12.9. The van der Waals surface area contributed by atoms with Gasteiger partial charge in [-0.3, -0.25) is 9.78 Å². The SMILES string of the molecule is COCCOc1ccnc(C(=O)N2CC(c3ccc(OCc4ccc(SC)cc4)c(OC)c3)C2)c1. The highest BCUT2D eigenvalue weighted by Crippen LogP contribution is 2.35. The normalized spacial score (nSPS) is 13.3. The number of carbonyl (C=O) groups is 1. The second-order valence-corrected chi connectivity index (χ2v) is 9.05. The van der Waals surface area contributed by atoms with Crippen molar-refractivity contribution in [1.82, 2.24) is 9.88 Å². The molecule has 1 saturated heterocycles. The second-order valence-electron chi connectivity index (χ2n) is 8.17. The average Bonchev–Trinajstić information content (AvgIpc) is 2.87. The Kier molecular flexibility index (Phi) is 8.50. The number of benzene rings is 2. The van der Waals surface area contributed by atoms with Crippen LogP contribution in [0.2, 0.25) is 0 Å². The van der Waals surface area contributed by atoms with Crippen LogP contribution in [-0.4, -0.2) is 62.6 Å². The number of methoxy groups -OCH3 is 2. The number of carbonyl (C=O) groups excluding carboxylic acids is 1. The van der Waals surface area contributed by atoms with Crippen LogP contribution >= 0.6 is 11.8 Å². The molecule has 0 atom stereocenters. The van der Waals surface area contributed by atoms with E-state index >= 15 is 0 Å². The molecule has 0 saturated carbocycles. The van der Waals surface area contributed by atoms with Crippen molar-refractivity contribution in [3.05, 3.63) is 77.6 Å². The first kappa shape index (κ1) is 24.9. The van der Waals surface area contributed by atoms with E-state index in [1.165, 1.54) is 4.90 Å². The molecule has 2 aromatic carbocycles. The summed E-state index contributed by atoms with van der Waals surface area (Å²) in [7, 11) is 3.26. The van der Waals surface area contributed by atoms with E-state index in [1.807, 2.05) is 18.2 Å². The predicted molar refractivity (Wildman–Crippen MR) is 136 cm³/mol. The summed E-state index contributed by atoms with van der Waals surface area (Å²) in [5, 5.41) is 0. The van der Waals surface area contributed by atoms with Gasteiger partial charge in [0.1, 0.15) is 24.7 Å². The summed E-state index contributed by atoms with van der Waals surface area (Å²) in [5.41, 5.74) is 2.60. The van der Waals surface area contributed by atoms with Crippen LogP contribution in [0.4, 0.5) is 0 Å². The fourth-order valence-corrected chi connectivity index (χ4v) is 4.23. The first-order valence-corrected chi connectivity index (χ1v) is 12.6. The predicted octanol–water partition coefficient (Wildman–Crippen LogP) is 4.66. The van der Waals surface area contributed by atoms with Gasteiger partial charge in [-0.1, -0.05) is 18.2 Å². The Labute approximate surface area is 210 Å². The molecular formula is C27H30N2O5S. The van der Waals surface area contributed by atoms with Gasteiger partial charge < -0.3 is 23.8 Å². The largest absolute Gasteiger partial charge is 0.493 e. The molecule has 0 radical (unpaired) electrons. The molecule has 3 aromatic rings. The van der Waals surface area contributed by atoms with Crippen LogP contribution in [0.1, 0.15) is 27.5 Å². The molecule has 0 bridgehead atoms. The lowest BCUT2D eigenvalue weighted by atomic mass is 9.91. The molecule has 2 heterocycles. The number of aromatic nitrogens is 1. The topological polar surface area (TPSA) is 70.1 Å². The van der Waals surface area contributed by atoms with Crippen LogP contribution in [0.3, 0.4) is 0 Å². The summed E-state index contributed by atoms with van der Waals surface area (Å²) >= 11 is 1.72. The summed E-state index contributed by atoms with van der Waals surface area (Å²) in [4.78, 5) is 20.1. The second kappa shape index (κ2) is 12.0. The van der Waals surface area contributed by atoms with Crippen molar-refractivity contribution in [1.29, 1.82) is 0 Å². The summed E-state index contributed by atoms with van der Waals surface area (Å²) in [6, 6.07) is 17.7. The van der Waals surface area contributed by atoms with Crippen molar-refractivity contribution in [2.24, 2.45) is 0 Å². The zero-order valence-electron chi connectivity index (χ0n) is 20.2. The molecule has 8 heteroatoms. The van der Waals surface area contributed by atoms with E-state index in [0.29, 0.717) is 55.9 Å². The number of amides is 1. The van der Waals surface area contributed by atoms with E-state index in [1.54, 1.807) is 49.2 Å². The molecule has 1 aliphatic rings. The van der Waals surface area contributed by atoms with Crippen molar-refractivity contribution < 1.29 is 23.7 Å². The Morgan fingerprint density at radius 2 is 1.80 bits per heavy atom. The summed E-state index contributed by atoms with van der Waals surface area (Å²) < 4.78 is 22.2. The number of pyridine rings is 1. The van der Waals surface area contributed by atoms with Crippen LogP contribution in [-0.2, 0) is 11.3 Å². The molecule has 4 rings (SSSR count). The van der Waals surface area contributed by atoms with E-state index in [4.69, 9.17) is 18.9 Å². The first-order valence-electron chi connectivity index (χ1n) is 11.4. The van der Waals surface area contributed by atoms with Crippen LogP contribution in [0.15, 0.2) is 65.7 Å². The van der Waals surface area contributed by atoms with Gasteiger partial charge in [0.15, 0.2) is 11.5 Å². The van der Waals surface area contributed by atoms with Gasteiger partial charge in [-0.25, -0.2) is 0 Å². The Morgan fingerprint density at radius 1 is 1.00 bits per heavy atom. The molecule has 35 heavy (non-hydrogen) atoms. The third-order valence-corrected chi connectivity index (χ3v) is 6.63. The fraction of sp³-hybridized carbons (Fsp3) is 0.333. The first-order chi connectivity index (χ1) is 17.1. The molecule has 7 nitrogen and oxygen atoms in total. The Bertz CT molecular complexity index is 1130. The monoisotopic (exact) mass is 494 g/mol. The van der Waals surface area contributed by atoms with Gasteiger partial charge in [-0.05, 0) is 47.7 Å². The van der Waals surface area contributed by atoms with Gasteiger partial charge in [-0.15, -0.1) is 11.8 Å². The van der Waals surface area contributed by atoms with E-state index in [-0.39, 0.29) is 11.8 Å². The molecule has 0 aliphatic carbocycles. The Morgan fingerprint density at radius 3 is 2.51 bits per heavy atom. The van der Waals surface area contributed by atoms with Gasteiger partial charge >= 0.3 is 0 Å². The maximum absolute atomic E-state index is 12.9. The highest BCUT2D eigenvalue weighted by Gasteiger charge is 2.33. The minimum absolute atomic E-state index is 0.0992. The molecular weight excluding hydrogens is 464 g/mol. The Balaban J connectivity index is 1.33. The summed E-state index contributed by atoms with van der Waals surface area (Å²) in [5.74, 6) is 2.14.